The first-order valence-corrected chi connectivity index (χ1v) is 11.9. The van der Waals surface area contributed by atoms with E-state index in [0.717, 1.165) is 28.1 Å². The van der Waals surface area contributed by atoms with Crippen molar-refractivity contribution < 1.29 is 18.8 Å². The number of allylic oxidation sites excluding steroid dienone is 1. The summed E-state index contributed by atoms with van der Waals surface area (Å²) in [6.07, 6.45) is 0.838. The molecule has 2 heterocycles. The van der Waals surface area contributed by atoms with Crippen LogP contribution in [-0.4, -0.2) is 47.4 Å². The summed E-state index contributed by atoms with van der Waals surface area (Å²) in [6.45, 7) is 6.95. The molecule has 1 atom stereocenters. The summed E-state index contributed by atoms with van der Waals surface area (Å²) in [4.78, 5) is 19.5. The summed E-state index contributed by atoms with van der Waals surface area (Å²) in [5.74, 6) is 1.52. The maximum Gasteiger partial charge on any atom is 0.322 e. The molecule has 1 aliphatic heterocycles. The summed E-state index contributed by atoms with van der Waals surface area (Å²) in [6, 6.07) is 14.1. The topological polar surface area (TPSA) is 89.7 Å². The van der Waals surface area contributed by atoms with Crippen LogP contribution in [0.2, 0.25) is 5.02 Å². The van der Waals surface area contributed by atoms with Crippen molar-refractivity contribution in [2.45, 2.75) is 39.3 Å². The van der Waals surface area contributed by atoms with Gasteiger partial charge in [-0.2, -0.15) is 4.98 Å². The number of ether oxygens (including phenoxy) is 2. The highest BCUT2D eigenvalue weighted by molar-refractivity contribution is 6.30. The molecule has 1 unspecified atom stereocenters. The number of hydrogen-bond donors (Lipinski definition) is 1. The Morgan fingerprint density at radius 2 is 1.86 bits per heavy atom. The lowest BCUT2D eigenvalue weighted by Gasteiger charge is -2.35. The van der Waals surface area contributed by atoms with Crippen molar-refractivity contribution in [1.29, 1.82) is 0 Å². The number of halogens is 1. The fraction of sp³-hybridized carbons (Fsp3) is 0.346. The first-order valence-electron chi connectivity index (χ1n) is 11.5. The van der Waals surface area contributed by atoms with Crippen LogP contribution in [0.25, 0.3) is 17.0 Å². The average molecular weight is 497 g/mol. The van der Waals surface area contributed by atoms with Gasteiger partial charge >= 0.3 is 6.03 Å². The molecule has 4 rings (SSSR count). The molecule has 0 aliphatic carbocycles. The van der Waals surface area contributed by atoms with Gasteiger partial charge in [0.25, 0.3) is 5.89 Å². The Morgan fingerprint density at radius 1 is 1.14 bits per heavy atom. The third-order valence-corrected chi connectivity index (χ3v) is 6.03. The van der Waals surface area contributed by atoms with Crippen molar-refractivity contribution >= 4 is 23.2 Å². The van der Waals surface area contributed by atoms with Crippen LogP contribution in [0.15, 0.2) is 58.8 Å². The van der Waals surface area contributed by atoms with Crippen molar-refractivity contribution in [3.8, 4) is 17.1 Å². The lowest BCUT2D eigenvalue weighted by molar-refractivity contribution is 0.0736. The number of hydrogen-bond acceptors (Lipinski definition) is 6. The van der Waals surface area contributed by atoms with Crippen LogP contribution in [0, 0.1) is 0 Å². The smallest absolute Gasteiger partial charge is 0.322 e. The van der Waals surface area contributed by atoms with Gasteiger partial charge in [-0.25, -0.2) is 4.79 Å². The number of methoxy groups -OCH3 is 1. The number of rotatable bonds is 9. The number of amides is 2. The predicted octanol–water partition coefficient (Wildman–Crippen LogP) is 5.71. The Morgan fingerprint density at radius 3 is 2.51 bits per heavy atom. The zero-order chi connectivity index (χ0) is 24.9. The van der Waals surface area contributed by atoms with Gasteiger partial charge in [0.1, 0.15) is 5.75 Å². The second kappa shape index (κ2) is 10.9. The summed E-state index contributed by atoms with van der Waals surface area (Å²) in [5.41, 5.74) is 3.16. The maximum atomic E-state index is 13.1. The summed E-state index contributed by atoms with van der Waals surface area (Å²) < 4.78 is 16.7. The quantitative estimate of drug-likeness (QED) is 0.381. The SMILES string of the molecule is COc1ccc(C2NC(=O)N(CCCOC(C)C)C(C)=C2c2nc(-c3ccc(Cl)cc3)no2)cc1. The summed E-state index contributed by atoms with van der Waals surface area (Å²) in [7, 11) is 1.62. The Hall–Kier alpha value is -3.36. The predicted molar refractivity (Wildman–Crippen MR) is 134 cm³/mol. The van der Waals surface area contributed by atoms with Crippen LogP contribution < -0.4 is 10.1 Å². The number of nitrogens with one attached hydrogen (secondary N) is 1. The molecule has 3 aromatic rings. The highest BCUT2D eigenvalue weighted by Crippen LogP contribution is 2.37. The number of urea groups is 1. The molecule has 35 heavy (non-hydrogen) atoms. The molecule has 0 spiro atoms. The molecule has 0 bridgehead atoms. The van der Waals surface area contributed by atoms with Crippen LogP contribution in [0.3, 0.4) is 0 Å². The Balaban J connectivity index is 1.70. The molecule has 2 amide bonds. The molecule has 0 fully saturated rings. The molecule has 1 aromatic heterocycles. The largest absolute Gasteiger partial charge is 0.497 e. The first-order chi connectivity index (χ1) is 16.9. The fourth-order valence-corrected chi connectivity index (χ4v) is 4.09. The Labute approximate surface area is 209 Å². The van der Waals surface area contributed by atoms with Crippen molar-refractivity contribution in [3.63, 3.8) is 0 Å². The van der Waals surface area contributed by atoms with Crippen LogP contribution in [0.4, 0.5) is 4.79 Å². The second-order valence-corrected chi connectivity index (χ2v) is 8.95. The van der Waals surface area contributed by atoms with Gasteiger partial charge in [0, 0.05) is 29.4 Å². The minimum atomic E-state index is -0.463. The van der Waals surface area contributed by atoms with Gasteiger partial charge in [-0.15, -0.1) is 0 Å². The molecular formula is C26H29ClN4O4. The molecule has 2 aromatic carbocycles. The van der Waals surface area contributed by atoms with Crippen LogP contribution in [0.5, 0.6) is 5.75 Å². The van der Waals surface area contributed by atoms with Crippen molar-refractivity contribution in [1.82, 2.24) is 20.4 Å². The van der Waals surface area contributed by atoms with Crippen LogP contribution in [0.1, 0.15) is 44.7 Å². The molecule has 1 N–H and O–H groups in total. The van der Waals surface area contributed by atoms with E-state index in [0.29, 0.717) is 36.3 Å². The third kappa shape index (κ3) is 5.66. The number of carbonyl (C=O) groups is 1. The number of nitrogens with zero attached hydrogens (tertiary/aromatic N) is 3. The van der Waals surface area contributed by atoms with Gasteiger partial charge in [0.15, 0.2) is 0 Å². The maximum absolute atomic E-state index is 13.1. The van der Waals surface area contributed by atoms with Crippen molar-refractivity contribution in [2.75, 3.05) is 20.3 Å². The van der Waals surface area contributed by atoms with E-state index in [4.69, 9.17) is 25.6 Å². The highest BCUT2D eigenvalue weighted by atomic mass is 35.5. The minimum absolute atomic E-state index is 0.140. The second-order valence-electron chi connectivity index (χ2n) is 8.51. The van der Waals surface area contributed by atoms with Crippen LogP contribution in [-0.2, 0) is 4.74 Å². The van der Waals surface area contributed by atoms with Crippen molar-refractivity contribution in [2.24, 2.45) is 0 Å². The molecular weight excluding hydrogens is 468 g/mol. The van der Waals surface area contributed by atoms with Gasteiger partial charge in [-0.1, -0.05) is 28.9 Å². The Kier molecular flexibility index (Phi) is 7.73. The van der Waals surface area contributed by atoms with E-state index in [1.165, 1.54) is 0 Å². The van der Waals surface area contributed by atoms with Gasteiger partial charge < -0.3 is 19.3 Å². The van der Waals surface area contributed by atoms with Gasteiger partial charge in [-0.05, 0) is 69.2 Å². The Bertz CT molecular complexity index is 1190. The van der Waals surface area contributed by atoms with E-state index in [-0.39, 0.29) is 12.1 Å². The molecule has 8 nitrogen and oxygen atoms in total. The lowest BCUT2D eigenvalue weighted by Crippen LogP contribution is -2.46. The van der Waals surface area contributed by atoms with E-state index in [1.54, 1.807) is 24.1 Å². The van der Waals surface area contributed by atoms with Gasteiger partial charge in [0.05, 0.1) is 24.8 Å². The average Bonchev–Trinajstić information content (AvgIpc) is 3.33. The number of aromatic nitrogens is 2. The molecule has 9 heteroatoms. The highest BCUT2D eigenvalue weighted by Gasteiger charge is 2.35. The van der Waals surface area contributed by atoms with Gasteiger partial charge in [0.2, 0.25) is 5.82 Å². The zero-order valence-corrected chi connectivity index (χ0v) is 21.0. The molecule has 0 radical (unpaired) electrons. The third-order valence-electron chi connectivity index (χ3n) is 5.78. The molecule has 184 valence electrons. The molecule has 0 saturated heterocycles. The molecule has 0 saturated carbocycles. The van der Waals surface area contributed by atoms with Crippen molar-refractivity contribution in [3.05, 3.63) is 70.7 Å². The summed E-state index contributed by atoms with van der Waals surface area (Å²) >= 11 is 6.02. The van der Waals surface area contributed by atoms with E-state index in [2.05, 4.69) is 15.5 Å². The van der Waals surface area contributed by atoms with E-state index in [9.17, 15) is 4.79 Å². The standard InChI is InChI=1S/C26H29ClN4O4/c1-16(2)34-15-5-14-31-17(3)22(23(28-26(31)32)18-8-12-21(33-4)13-9-18)25-29-24(30-35-25)19-6-10-20(27)11-7-19/h6-13,16,23H,5,14-15H2,1-4H3,(H,28,32). The lowest BCUT2D eigenvalue weighted by atomic mass is 9.94. The molecule has 1 aliphatic rings. The summed E-state index contributed by atoms with van der Waals surface area (Å²) in [5, 5.41) is 7.92. The zero-order valence-electron chi connectivity index (χ0n) is 20.2. The fourth-order valence-electron chi connectivity index (χ4n) is 3.96. The number of carbonyl (C=O) groups excluding carboxylic acids is 1. The van der Waals surface area contributed by atoms with Crippen LogP contribution >= 0.6 is 11.6 Å². The minimum Gasteiger partial charge on any atom is -0.497 e. The monoisotopic (exact) mass is 496 g/mol. The van der Waals surface area contributed by atoms with E-state index in [1.807, 2.05) is 57.2 Å². The van der Waals surface area contributed by atoms with E-state index >= 15 is 0 Å². The first kappa shape index (κ1) is 24.8. The van der Waals surface area contributed by atoms with Gasteiger partial charge in [-0.3, -0.25) is 4.90 Å². The normalized spacial score (nSPS) is 16.1. The number of benzene rings is 2. The van der Waals surface area contributed by atoms with E-state index < -0.39 is 6.04 Å².